The lowest BCUT2D eigenvalue weighted by Gasteiger charge is -2.29. The van der Waals surface area contributed by atoms with E-state index < -0.39 is 18.1 Å². The van der Waals surface area contributed by atoms with Crippen LogP contribution in [0.25, 0.3) is 0 Å². The molecule has 168 valence electrons. The maximum absolute atomic E-state index is 13.8. The molecule has 7 heteroatoms. The van der Waals surface area contributed by atoms with E-state index in [2.05, 4.69) is 15.9 Å². The zero-order valence-corrected chi connectivity index (χ0v) is 20.1. The van der Waals surface area contributed by atoms with Crippen molar-refractivity contribution in [2.24, 2.45) is 5.92 Å². The standard InChI is InChI=1S/C26H23BrN2O4/c1-15-9-11-20(16(2)13-15)28-25(30)22-23(17-10-12-21(32-3)19(27)14-17)29(33-24(22)26(28)31)18-7-5-4-6-8-18/h4-14,22-24H,1-3H3/t22-,23+,24-/m1/s1. The van der Waals surface area contributed by atoms with Gasteiger partial charge in [-0.25, -0.2) is 9.96 Å². The van der Waals surface area contributed by atoms with Crippen LogP contribution in [-0.4, -0.2) is 25.0 Å². The number of ether oxygens (including phenoxy) is 1. The number of methoxy groups -OCH3 is 1. The number of nitrogens with zero attached hydrogens (tertiary/aromatic N) is 2. The molecule has 3 aromatic carbocycles. The molecule has 0 radical (unpaired) electrons. The molecular weight excluding hydrogens is 484 g/mol. The number of rotatable bonds is 4. The number of hydrogen-bond donors (Lipinski definition) is 0. The predicted molar refractivity (Wildman–Crippen MR) is 129 cm³/mol. The zero-order chi connectivity index (χ0) is 23.3. The first-order valence-electron chi connectivity index (χ1n) is 10.7. The van der Waals surface area contributed by atoms with Crippen LogP contribution in [0.5, 0.6) is 5.75 Å². The highest BCUT2D eigenvalue weighted by Crippen LogP contribution is 2.48. The first kappa shape index (κ1) is 21.7. The lowest BCUT2D eigenvalue weighted by Crippen LogP contribution is -2.37. The van der Waals surface area contributed by atoms with E-state index in [1.165, 1.54) is 4.90 Å². The Morgan fingerprint density at radius 1 is 0.939 bits per heavy atom. The van der Waals surface area contributed by atoms with Gasteiger partial charge < -0.3 is 4.74 Å². The SMILES string of the molecule is COc1ccc([C@H]2[C@H]3C(=O)N(c4ccc(C)cc4C)C(=O)[C@@H]3ON2c2ccccc2)cc1Br. The van der Waals surface area contributed by atoms with Gasteiger partial charge in [0, 0.05) is 0 Å². The Kier molecular flexibility index (Phi) is 5.46. The summed E-state index contributed by atoms with van der Waals surface area (Å²) in [5.41, 5.74) is 4.18. The van der Waals surface area contributed by atoms with E-state index in [1.54, 1.807) is 12.2 Å². The normalized spacial score (nSPS) is 22.1. The number of hydroxylamine groups is 1. The van der Waals surface area contributed by atoms with Gasteiger partial charge in [-0.05, 0) is 71.2 Å². The maximum Gasteiger partial charge on any atom is 0.266 e. The number of imide groups is 1. The molecule has 5 rings (SSSR count). The fourth-order valence-electron chi connectivity index (χ4n) is 4.71. The molecule has 2 amide bonds. The Morgan fingerprint density at radius 3 is 2.36 bits per heavy atom. The average molecular weight is 507 g/mol. The fourth-order valence-corrected chi connectivity index (χ4v) is 5.27. The lowest BCUT2D eigenvalue weighted by molar-refractivity contribution is -0.126. The Balaban J connectivity index is 1.60. The molecule has 2 saturated heterocycles. The van der Waals surface area contributed by atoms with E-state index in [9.17, 15) is 9.59 Å². The van der Waals surface area contributed by atoms with Crippen LogP contribution in [0.2, 0.25) is 0 Å². The summed E-state index contributed by atoms with van der Waals surface area (Å²) in [7, 11) is 1.60. The zero-order valence-electron chi connectivity index (χ0n) is 18.5. The summed E-state index contributed by atoms with van der Waals surface area (Å²) in [5, 5.41) is 1.69. The van der Waals surface area contributed by atoms with Crippen LogP contribution in [0.1, 0.15) is 22.7 Å². The molecule has 0 saturated carbocycles. The van der Waals surface area contributed by atoms with Crippen molar-refractivity contribution in [2.75, 3.05) is 17.1 Å². The largest absolute Gasteiger partial charge is 0.496 e. The van der Waals surface area contributed by atoms with E-state index in [0.717, 1.165) is 26.9 Å². The number of anilines is 2. The molecule has 0 spiro atoms. The molecule has 0 unspecified atom stereocenters. The first-order chi connectivity index (χ1) is 15.9. The van der Waals surface area contributed by atoms with Gasteiger partial charge in [-0.15, -0.1) is 0 Å². The lowest BCUT2D eigenvalue weighted by atomic mass is 9.90. The summed E-state index contributed by atoms with van der Waals surface area (Å²) < 4.78 is 6.14. The van der Waals surface area contributed by atoms with Crippen molar-refractivity contribution < 1.29 is 19.2 Å². The van der Waals surface area contributed by atoms with Gasteiger partial charge in [0.05, 0.1) is 29.0 Å². The van der Waals surface area contributed by atoms with Crippen LogP contribution in [-0.2, 0) is 14.4 Å². The molecule has 3 aromatic rings. The number of para-hydroxylation sites is 1. The van der Waals surface area contributed by atoms with E-state index >= 15 is 0 Å². The van der Waals surface area contributed by atoms with Crippen molar-refractivity contribution in [3.63, 3.8) is 0 Å². The van der Waals surface area contributed by atoms with Gasteiger partial charge in [-0.3, -0.25) is 14.4 Å². The van der Waals surface area contributed by atoms with E-state index in [1.807, 2.05) is 80.6 Å². The van der Waals surface area contributed by atoms with Gasteiger partial charge in [0.15, 0.2) is 6.10 Å². The molecule has 0 aliphatic carbocycles. The summed E-state index contributed by atoms with van der Waals surface area (Å²) in [6.45, 7) is 3.89. The molecule has 2 heterocycles. The minimum Gasteiger partial charge on any atom is -0.496 e. The summed E-state index contributed by atoms with van der Waals surface area (Å²) in [6.07, 6.45) is -0.899. The number of aryl methyl sites for hydroxylation is 2. The van der Waals surface area contributed by atoms with Crippen LogP contribution in [0.15, 0.2) is 71.2 Å². The van der Waals surface area contributed by atoms with Crippen LogP contribution in [0.3, 0.4) is 0 Å². The molecule has 0 bridgehead atoms. The smallest absolute Gasteiger partial charge is 0.266 e. The van der Waals surface area contributed by atoms with E-state index in [0.29, 0.717) is 11.4 Å². The summed E-state index contributed by atoms with van der Waals surface area (Å²) in [5.74, 6) is -0.592. The second-order valence-electron chi connectivity index (χ2n) is 8.35. The Morgan fingerprint density at radius 2 is 1.70 bits per heavy atom. The molecule has 0 aromatic heterocycles. The fraction of sp³-hybridized carbons (Fsp3) is 0.231. The van der Waals surface area contributed by atoms with Crippen molar-refractivity contribution in [2.45, 2.75) is 26.0 Å². The van der Waals surface area contributed by atoms with Gasteiger partial charge in [0.1, 0.15) is 11.7 Å². The highest BCUT2D eigenvalue weighted by Gasteiger charge is 2.60. The molecule has 2 aliphatic heterocycles. The van der Waals surface area contributed by atoms with Crippen LogP contribution in [0.4, 0.5) is 11.4 Å². The number of hydrogen-bond acceptors (Lipinski definition) is 5. The first-order valence-corrected chi connectivity index (χ1v) is 11.5. The number of benzene rings is 3. The third kappa shape index (κ3) is 3.52. The predicted octanol–water partition coefficient (Wildman–Crippen LogP) is 5.13. The van der Waals surface area contributed by atoms with Crippen LogP contribution in [0, 0.1) is 19.8 Å². The number of halogens is 1. The Bertz CT molecular complexity index is 1250. The second kappa shape index (κ2) is 8.32. The Hall–Kier alpha value is -3.16. The van der Waals surface area contributed by atoms with E-state index in [-0.39, 0.29) is 11.8 Å². The van der Waals surface area contributed by atoms with Crippen molar-refractivity contribution >= 4 is 39.1 Å². The number of amides is 2. The van der Waals surface area contributed by atoms with Crippen molar-refractivity contribution in [3.05, 3.63) is 87.9 Å². The minimum atomic E-state index is -0.899. The van der Waals surface area contributed by atoms with Crippen molar-refractivity contribution in [1.29, 1.82) is 0 Å². The Labute approximate surface area is 200 Å². The van der Waals surface area contributed by atoms with Crippen LogP contribution >= 0.6 is 15.9 Å². The van der Waals surface area contributed by atoms with Gasteiger partial charge in [-0.2, -0.15) is 0 Å². The van der Waals surface area contributed by atoms with Crippen molar-refractivity contribution in [3.8, 4) is 5.75 Å². The highest BCUT2D eigenvalue weighted by molar-refractivity contribution is 9.10. The molecule has 33 heavy (non-hydrogen) atoms. The summed E-state index contributed by atoms with van der Waals surface area (Å²) in [4.78, 5) is 34.7. The second-order valence-corrected chi connectivity index (χ2v) is 9.21. The van der Waals surface area contributed by atoms with Gasteiger partial charge >= 0.3 is 0 Å². The van der Waals surface area contributed by atoms with E-state index in [4.69, 9.17) is 9.57 Å². The molecule has 0 N–H and O–H groups in total. The third-order valence-corrected chi connectivity index (χ3v) is 6.86. The number of carbonyl (C=O) groups is 2. The molecule has 3 atom stereocenters. The number of fused-ring (bicyclic) bond motifs is 1. The maximum atomic E-state index is 13.8. The van der Waals surface area contributed by atoms with Gasteiger partial charge in [0.25, 0.3) is 5.91 Å². The third-order valence-electron chi connectivity index (χ3n) is 6.24. The molecule has 2 aliphatic rings. The van der Waals surface area contributed by atoms with Gasteiger partial charge in [0.2, 0.25) is 5.91 Å². The molecule has 2 fully saturated rings. The quantitative estimate of drug-likeness (QED) is 0.459. The highest BCUT2D eigenvalue weighted by atomic mass is 79.9. The monoisotopic (exact) mass is 506 g/mol. The van der Waals surface area contributed by atoms with Crippen molar-refractivity contribution in [1.82, 2.24) is 0 Å². The summed E-state index contributed by atoms with van der Waals surface area (Å²) in [6, 6.07) is 20.4. The summed E-state index contributed by atoms with van der Waals surface area (Å²) >= 11 is 3.55. The molecule has 6 nitrogen and oxygen atoms in total. The van der Waals surface area contributed by atoms with Gasteiger partial charge in [-0.1, -0.05) is 42.0 Å². The number of carbonyl (C=O) groups excluding carboxylic acids is 2. The average Bonchev–Trinajstić information content (AvgIpc) is 3.31. The molecular formula is C26H23BrN2O4. The topological polar surface area (TPSA) is 59.1 Å². The van der Waals surface area contributed by atoms with Crippen LogP contribution < -0.4 is 14.7 Å². The minimum absolute atomic E-state index is 0.257.